The first-order valence-corrected chi connectivity index (χ1v) is 11.3. The van der Waals surface area contributed by atoms with E-state index in [1.807, 2.05) is 18.4 Å². The van der Waals surface area contributed by atoms with Crippen molar-refractivity contribution in [1.29, 1.82) is 0 Å². The zero-order valence-corrected chi connectivity index (χ0v) is 21.0. The van der Waals surface area contributed by atoms with Crippen molar-refractivity contribution in [2.45, 2.75) is 45.2 Å². The van der Waals surface area contributed by atoms with Crippen LogP contribution in [0.3, 0.4) is 0 Å². The van der Waals surface area contributed by atoms with Crippen molar-refractivity contribution in [1.82, 2.24) is 15.5 Å². The van der Waals surface area contributed by atoms with Crippen LogP contribution in [0.15, 0.2) is 52.8 Å². The van der Waals surface area contributed by atoms with E-state index in [1.165, 1.54) is 10.4 Å². The van der Waals surface area contributed by atoms with Gasteiger partial charge in [-0.1, -0.05) is 43.3 Å². The second-order valence-electron chi connectivity index (χ2n) is 7.88. The van der Waals surface area contributed by atoms with Crippen LogP contribution >= 0.6 is 35.3 Å². The van der Waals surface area contributed by atoms with E-state index in [2.05, 4.69) is 82.2 Å². The maximum Gasteiger partial charge on any atom is 0.191 e. The van der Waals surface area contributed by atoms with Crippen LogP contribution in [-0.4, -0.2) is 43.6 Å². The first kappa shape index (κ1) is 24.2. The van der Waals surface area contributed by atoms with Crippen molar-refractivity contribution < 1.29 is 0 Å². The predicted octanol–water partition coefficient (Wildman–Crippen LogP) is 4.94. The lowest BCUT2D eigenvalue weighted by molar-refractivity contribution is 0.158. The summed E-state index contributed by atoms with van der Waals surface area (Å²) in [6.45, 7) is 7.81. The van der Waals surface area contributed by atoms with Crippen molar-refractivity contribution in [3.05, 3.63) is 58.3 Å². The Morgan fingerprint density at radius 3 is 2.48 bits per heavy atom. The van der Waals surface area contributed by atoms with E-state index in [4.69, 9.17) is 0 Å². The highest BCUT2D eigenvalue weighted by Gasteiger charge is 2.24. The summed E-state index contributed by atoms with van der Waals surface area (Å²) >= 11 is 1.84. The molecule has 29 heavy (non-hydrogen) atoms. The van der Waals surface area contributed by atoms with Crippen LogP contribution in [0.1, 0.15) is 43.2 Å². The largest absolute Gasteiger partial charge is 0.356 e. The zero-order chi connectivity index (χ0) is 19.8. The highest BCUT2D eigenvalue weighted by atomic mass is 127. The van der Waals surface area contributed by atoms with Crippen LogP contribution in [0.25, 0.3) is 0 Å². The number of aliphatic imine (C=N–C) groups is 1. The van der Waals surface area contributed by atoms with E-state index in [0.717, 1.165) is 44.9 Å². The minimum Gasteiger partial charge on any atom is -0.356 e. The number of nitrogens with zero attached hydrogens (tertiary/aromatic N) is 2. The molecule has 1 aliphatic heterocycles. The normalized spacial score (nSPS) is 18.0. The minimum atomic E-state index is 0. The molecule has 6 heteroatoms. The monoisotopic (exact) mass is 526 g/mol. The Bertz CT molecular complexity index is 712. The quantitative estimate of drug-likeness (QED) is 0.305. The highest BCUT2D eigenvalue weighted by Crippen LogP contribution is 2.24. The number of hydrogen-bond donors (Lipinski definition) is 2. The number of hydrogen-bond acceptors (Lipinski definition) is 3. The molecule has 1 aromatic carbocycles. The molecule has 1 aliphatic rings. The van der Waals surface area contributed by atoms with Crippen LogP contribution in [0.4, 0.5) is 0 Å². The summed E-state index contributed by atoms with van der Waals surface area (Å²) in [5.74, 6) is 1.53. The number of nitrogens with one attached hydrogen (secondary N) is 2. The summed E-state index contributed by atoms with van der Waals surface area (Å²) in [5.41, 5.74) is 1.41. The molecular formula is C23H35IN4S. The smallest absolute Gasteiger partial charge is 0.191 e. The van der Waals surface area contributed by atoms with Gasteiger partial charge in [-0.3, -0.25) is 9.89 Å². The average molecular weight is 527 g/mol. The van der Waals surface area contributed by atoms with Crippen molar-refractivity contribution >= 4 is 41.3 Å². The van der Waals surface area contributed by atoms with E-state index >= 15 is 0 Å². The van der Waals surface area contributed by atoms with E-state index < -0.39 is 0 Å². The van der Waals surface area contributed by atoms with E-state index in [0.29, 0.717) is 18.0 Å². The molecule has 2 aromatic rings. The molecule has 2 unspecified atom stereocenters. The van der Waals surface area contributed by atoms with Crippen molar-refractivity contribution in [2.75, 3.05) is 26.7 Å². The topological polar surface area (TPSA) is 39.7 Å². The van der Waals surface area contributed by atoms with E-state index in [-0.39, 0.29) is 24.0 Å². The number of halogens is 1. The summed E-state index contributed by atoms with van der Waals surface area (Å²) < 4.78 is 0. The standard InChI is InChI=1S/C23H34N4S.HI/c1-18(16-22-10-7-15-28-22)17-25-23(24-3)26-21-11-13-27(14-12-21)19(2)20-8-5-4-6-9-20;/h4-10,15,18-19,21H,11-14,16-17H2,1-3H3,(H2,24,25,26);1H. The maximum absolute atomic E-state index is 4.44. The van der Waals surface area contributed by atoms with Gasteiger partial charge in [-0.15, -0.1) is 35.3 Å². The number of rotatable bonds is 7. The van der Waals surface area contributed by atoms with E-state index in [9.17, 15) is 0 Å². The molecule has 2 N–H and O–H groups in total. The predicted molar refractivity (Wildman–Crippen MR) is 137 cm³/mol. The lowest BCUT2D eigenvalue weighted by Gasteiger charge is -2.37. The second-order valence-corrected chi connectivity index (χ2v) is 8.92. The van der Waals surface area contributed by atoms with Gasteiger partial charge in [-0.2, -0.15) is 0 Å². The summed E-state index contributed by atoms with van der Waals surface area (Å²) in [6.07, 6.45) is 3.43. The number of likely N-dealkylation sites (tertiary alicyclic amines) is 1. The Hall–Kier alpha value is -1.12. The molecule has 1 saturated heterocycles. The fourth-order valence-corrected chi connectivity index (χ4v) is 4.75. The molecule has 0 saturated carbocycles. The molecule has 0 radical (unpaired) electrons. The summed E-state index contributed by atoms with van der Waals surface area (Å²) in [7, 11) is 1.87. The van der Waals surface area contributed by atoms with Gasteiger partial charge < -0.3 is 10.6 Å². The Balaban J connectivity index is 0.00000300. The van der Waals surface area contributed by atoms with Gasteiger partial charge in [0.2, 0.25) is 0 Å². The third-order valence-electron chi connectivity index (χ3n) is 5.67. The van der Waals surface area contributed by atoms with E-state index in [1.54, 1.807) is 0 Å². The Labute approximate surface area is 197 Å². The highest BCUT2D eigenvalue weighted by molar-refractivity contribution is 14.0. The lowest BCUT2D eigenvalue weighted by atomic mass is 10.0. The Morgan fingerprint density at radius 2 is 1.86 bits per heavy atom. The van der Waals surface area contributed by atoms with Crippen LogP contribution in [0.5, 0.6) is 0 Å². The molecule has 4 nitrogen and oxygen atoms in total. The van der Waals surface area contributed by atoms with Crippen LogP contribution < -0.4 is 10.6 Å². The SMILES string of the molecule is CN=C(NCC(C)Cc1cccs1)NC1CCN(C(C)c2ccccc2)CC1.I. The van der Waals surface area contributed by atoms with Gasteiger partial charge in [0.1, 0.15) is 0 Å². The molecule has 0 spiro atoms. The van der Waals surface area contributed by atoms with Gasteiger partial charge in [-0.25, -0.2) is 0 Å². The Morgan fingerprint density at radius 1 is 1.14 bits per heavy atom. The molecular weight excluding hydrogens is 491 g/mol. The van der Waals surface area contributed by atoms with Gasteiger partial charge in [0.25, 0.3) is 0 Å². The van der Waals surface area contributed by atoms with Gasteiger partial charge in [0.15, 0.2) is 5.96 Å². The molecule has 2 atom stereocenters. The number of thiophene rings is 1. The van der Waals surface area contributed by atoms with Crippen molar-refractivity contribution in [3.63, 3.8) is 0 Å². The molecule has 1 aromatic heterocycles. The Kier molecular flexibility index (Phi) is 10.4. The first-order chi connectivity index (χ1) is 13.7. The van der Waals surface area contributed by atoms with Crippen molar-refractivity contribution in [3.8, 4) is 0 Å². The molecule has 1 fully saturated rings. The zero-order valence-electron chi connectivity index (χ0n) is 17.8. The van der Waals surface area contributed by atoms with Gasteiger partial charge in [0.05, 0.1) is 0 Å². The maximum atomic E-state index is 4.44. The second kappa shape index (κ2) is 12.5. The third-order valence-corrected chi connectivity index (χ3v) is 6.57. The van der Waals surface area contributed by atoms with Crippen molar-refractivity contribution in [2.24, 2.45) is 10.9 Å². The number of guanidine groups is 1. The fourth-order valence-electron chi connectivity index (χ4n) is 3.88. The average Bonchev–Trinajstić information content (AvgIpc) is 3.24. The number of piperidine rings is 1. The van der Waals surface area contributed by atoms with Gasteiger partial charge >= 0.3 is 0 Å². The van der Waals surface area contributed by atoms with Crippen LogP contribution in [0.2, 0.25) is 0 Å². The van der Waals surface area contributed by atoms with Gasteiger partial charge in [-0.05, 0) is 49.1 Å². The molecule has 160 valence electrons. The van der Waals surface area contributed by atoms with Crippen LogP contribution in [0, 0.1) is 5.92 Å². The lowest BCUT2D eigenvalue weighted by Crippen LogP contribution is -2.49. The third kappa shape index (κ3) is 7.57. The summed E-state index contributed by atoms with van der Waals surface area (Å²) in [6, 6.07) is 16.2. The molecule has 0 bridgehead atoms. The number of benzene rings is 1. The van der Waals surface area contributed by atoms with Crippen LogP contribution in [-0.2, 0) is 6.42 Å². The molecule has 0 amide bonds. The molecule has 0 aliphatic carbocycles. The summed E-state index contributed by atoms with van der Waals surface area (Å²) in [4.78, 5) is 8.48. The minimum absolute atomic E-state index is 0. The molecule has 2 heterocycles. The first-order valence-electron chi connectivity index (χ1n) is 10.4. The fraction of sp³-hybridized carbons (Fsp3) is 0.522. The van der Waals surface area contributed by atoms with Gasteiger partial charge in [0, 0.05) is 43.6 Å². The summed E-state index contributed by atoms with van der Waals surface area (Å²) in [5, 5.41) is 9.31. The molecule has 3 rings (SSSR count).